The highest BCUT2D eigenvalue weighted by Gasteiger charge is 2.50. The van der Waals surface area contributed by atoms with Crippen molar-refractivity contribution in [2.75, 3.05) is 49.4 Å². The van der Waals surface area contributed by atoms with Crippen LogP contribution >= 0.6 is 23.8 Å². The molecule has 3 heterocycles. The van der Waals surface area contributed by atoms with Crippen molar-refractivity contribution in [3.05, 3.63) is 94.9 Å². The van der Waals surface area contributed by atoms with E-state index in [-0.39, 0.29) is 59.0 Å². The molecule has 1 aromatic heterocycles. The molecular formula is C49H58ClFN8O7S. The Bertz CT molecular complexity index is 2490. The van der Waals surface area contributed by atoms with Crippen LogP contribution in [0.25, 0.3) is 11.3 Å². The number of ether oxygens (including phenoxy) is 3. The maximum atomic E-state index is 15.3. The second-order valence-corrected chi connectivity index (χ2v) is 18.9. The number of hydrogen-bond acceptors (Lipinski definition) is 10. The number of carbonyl (C=O) groups excluding carboxylic acids is 4. The lowest BCUT2D eigenvalue weighted by molar-refractivity contribution is -0.144. The van der Waals surface area contributed by atoms with Crippen molar-refractivity contribution in [3.8, 4) is 23.1 Å². The topological polar surface area (TPSA) is 171 Å². The first kappa shape index (κ1) is 50.5. The summed E-state index contributed by atoms with van der Waals surface area (Å²) >= 11 is 11.9. The Kier molecular flexibility index (Phi) is 16.8. The SMILES string of the molecule is Cn1nccc1-c1ccc(CNC(=O)[C@@H]2CCCN2C(=O)[C@@H](NC(=O)COCCCOCCCCOc2ccc(N3C(=S)N(c4ccc(C#N)c(Cl)c4)C(=O)C3(C)C)cc2F)C(C)(C)C)cc1. The van der Waals surface area contributed by atoms with Gasteiger partial charge in [0.25, 0.3) is 5.91 Å². The van der Waals surface area contributed by atoms with Gasteiger partial charge in [0, 0.05) is 57.9 Å². The number of nitriles is 1. The fraction of sp³-hybridized carbons (Fsp3) is 0.449. The van der Waals surface area contributed by atoms with Crippen LogP contribution in [0.2, 0.25) is 5.02 Å². The number of rotatable bonds is 20. The standard InChI is InChI=1S/C49H58ClFN8O7S/c1-48(2,3)43(45(62)57-22-9-11-40(57)44(61)53-30-32-12-14-33(15-13-32)39-20-21-54-56(39)6)55-42(60)31-65-25-10-24-64-23-7-8-26-66-41-19-18-36(28-38(41)51)59-47(67)58(46(63)49(59,4)5)35-17-16-34(29-52)37(50)27-35/h12-21,27-28,40,43H,7-11,22-26,30-31H2,1-6H3,(H,53,61)(H,55,60)/t40-,43+/m0/s1. The molecule has 0 spiro atoms. The van der Waals surface area contributed by atoms with Crippen molar-refractivity contribution in [2.45, 2.75) is 90.9 Å². The summed E-state index contributed by atoms with van der Waals surface area (Å²) in [4.78, 5) is 58.3. The second-order valence-electron chi connectivity index (χ2n) is 18.1. The molecule has 2 aliphatic rings. The number of nitrogens with zero attached hydrogens (tertiary/aromatic N) is 6. The third-order valence-corrected chi connectivity index (χ3v) is 12.4. The molecule has 18 heteroatoms. The van der Waals surface area contributed by atoms with Crippen LogP contribution in [0.4, 0.5) is 15.8 Å². The van der Waals surface area contributed by atoms with Crippen LogP contribution in [-0.2, 0) is 42.2 Å². The van der Waals surface area contributed by atoms with Crippen molar-refractivity contribution >= 4 is 63.9 Å². The Labute approximate surface area is 401 Å². The van der Waals surface area contributed by atoms with E-state index in [9.17, 15) is 24.4 Å². The predicted octanol–water partition coefficient (Wildman–Crippen LogP) is 7.09. The highest BCUT2D eigenvalue weighted by molar-refractivity contribution is 7.81. The van der Waals surface area contributed by atoms with Gasteiger partial charge in [-0.05, 0) is 111 Å². The zero-order valence-corrected chi connectivity index (χ0v) is 40.3. The van der Waals surface area contributed by atoms with Crippen LogP contribution in [-0.4, -0.2) is 101 Å². The maximum Gasteiger partial charge on any atom is 0.259 e. The van der Waals surface area contributed by atoms with Crippen molar-refractivity contribution < 1.29 is 37.8 Å². The largest absolute Gasteiger partial charge is 0.491 e. The van der Waals surface area contributed by atoms with E-state index in [1.807, 2.05) is 64.2 Å². The van der Waals surface area contributed by atoms with E-state index in [0.717, 1.165) is 16.8 Å². The molecule has 6 rings (SSSR count). The lowest BCUT2D eigenvalue weighted by Gasteiger charge is -2.35. The number of carbonyl (C=O) groups is 4. The fourth-order valence-electron chi connectivity index (χ4n) is 8.03. The molecule has 2 N–H and O–H groups in total. The Hall–Kier alpha value is -5.93. The Morgan fingerprint density at radius 1 is 0.985 bits per heavy atom. The summed E-state index contributed by atoms with van der Waals surface area (Å²) in [5, 5.41) is 19.6. The molecule has 0 radical (unpaired) electrons. The minimum Gasteiger partial charge on any atom is -0.491 e. The third-order valence-electron chi connectivity index (χ3n) is 11.7. The van der Waals surface area contributed by atoms with E-state index < -0.39 is 34.8 Å². The van der Waals surface area contributed by atoms with Crippen molar-refractivity contribution in [2.24, 2.45) is 12.5 Å². The van der Waals surface area contributed by atoms with E-state index in [1.54, 1.807) is 46.7 Å². The number of aromatic nitrogens is 2. The highest BCUT2D eigenvalue weighted by Crippen LogP contribution is 2.38. The number of nitrogens with one attached hydrogen (secondary N) is 2. The fourth-order valence-corrected chi connectivity index (χ4v) is 8.77. The van der Waals surface area contributed by atoms with Gasteiger partial charge in [0.1, 0.15) is 30.3 Å². The van der Waals surface area contributed by atoms with Gasteiger partial charge in [-0.2, -0.15) is 10.4 Å². The van der Waals surface area contributed by atoms with Gasteiger partial charge in [0.05, 0.1) is 28.6 Å². The Morgan fingerprint density at radius 2 is 1.69 bits per heavy atom. The number of amides is 4. The molecular weight excluding hydrogens is 899 g/mol. The maximum absolute atomic E-state index is 15.3. The smallest absolute Gasteiger partial charge is 0.259 e. The number of likely N-dealkylation sites (tertiary alicyclic amines) is 1. The number of hydrogen-bond donors (Lipinski definition) is 2. The molecule has 4 aromatic rings. The molecule has 15 nitrogen and oxygen atoms in total. The van der Waals surface area contributed by atoms with Crippen LogP contribution in [0.1, 0.15) is 77.8 Å². The van der Waals surface area contributed by atoms with Gasteiger partial charge in [0.2, 0.25) is 17.7 Å². The summed E-state index contributed by atoms with van der Waals surface area (Å²) in [6.07, 6.45) is 4.78. The number of anilines is 2. The number of halogens is 2. The molecule has 4 amide bonds. The summed E-state index contributed by atoms with van der Waals surface area (Å²) in [7, 11) is 1.88. The second kappa shape index (κ2) is 22.2. The zero-order chi connectivity index (χ0) is 48.5. The summed E-state index contributed by atoms with van der Waals surface area (Å²) in [5.41, 5.74) is 2.23. The lowest BCUT2D eigenvalue weighted by atomic mass is 9.85. The molecule has 356 valence electrons. The van der Waals surface area contributed by atoms with Crippen molar-refractivity contribution in [1.29, 1.82) is 5.26 Å². The monoisotopic (exact) mass is 956 g/mol. The minimum absolute atomic E-state index is 0.0630. The summed E-state index contributed by atoms with van der Waals surface area (Å²) in [6, 6.07) is 19.4. The van der Waals surface area contributed by atoms with Crippen LogP contribution in [0.5, 0.6) is 5.75 Å². The molecule has 0 aliphatic carbocycles. The molecule has 67 heavy (non-hydrogen) atoms. The van der Waals surface area contributed by atoms with E-state index >= 15 is 4.39 Å². The molecule has 2 fully saturated rings. The molecule has 2 aliphatic heterocycles. The normalized spacial score (nSPS) is 16.3. The molecule has 0 bridgehead atoms. The number of unbranched alkanes of at least 4 members (excludes halogenated alkanes) is 1. The minimum atomic E-state index is -1.14. The van der Waals surface area contributed by atoms with Gasteiger partial charge in [-0.15, -0.1) is 0 Å². The Morgan fingerprint density at radius 3 is 2.36 bits per heavy atom. The van der Waals surface area contributed by atoms with Crippen LogP contribution in [0.3, 0.4) is 0 Å². The van der Waals surface area contributed by atoms with Crippen LogP contribution in [0.15, 0.2) is 72.9 Å². The first-order valence-electron chi connectivity index (χ1n) is 22.3. The number of thiocarbonyl (C=S) groups is 1. The first-order chi connectivity index (χ1) is 31.9. The zero-order valence-electron chi connectivity index (χ0n) is 38.8. The van der Waals surface area contributed by atoms with Crippen LogP contribution in [0, 0.1) is 22.6 Å². The molecule has 3 aromatic carbocycles. The first-order valence-corrected chi connectivity index (χ1v) is 23.1. The van der Waals surface area contributed by atoms with Gasteiger partial charge in [-0.3, -0.25) is 28.8 Å². The van der Waals surface area contributed by atoms with Gasteiger partial charge in [0.15, 0.2) is 16.7 Å². The number of benzene rings is 3. The summed E-state index contributed by atoms with van der Waals surface area (Å²) in [5.74, 6) is -1.82. The van der Waals surface area contributed by atoms with Gasteiger partial charge >= 0.3 is 0 Å². The van der Waals surface area contributed by atoms with E-state index in [0.29, 0.717) is 69.8 Å². The predicted molar refractivity (Wildman–Crippen MR) is 257 cm³/mol. The van der Waals surface area contributed by atoms with E-state index in [4.69, 9.17) is 38.0 Å². The van der Waals surface area contributed by atoms with Gasteiger partial charge in [-0.1, -0.05) is 56.6 Å². The van der Waals surface area contributed by atoms with Gasteiger partial charge in [-0.25, -0.2) is 4.39 Å². The summed E-state index contributed by atoms with van der Waals surface area (Å²) < 4.78 is 34.1. The third kappa shape index (κ3) is 12.2. The summed E-state index contributed by atoms with van der Waals surface area (Å²) in [6.45, 7) is 10.9. The van der Waals surface area contributed by atoms with E-state index in [1.165, 1.54) is 29.2 Å². The van der Waals surface area contributed by atoms with Crippen molar-refractivity contribution in [3.63, 3.8) is 0 Å². The number of aryl methyl sites for hydroxylation is 1. The molecule has 0 unspecified atom stereocenters. The van der Waals surface area contributed by atoms with Gasteiger partial charge < -0.3 is 34.6 Å². The van der Waals surface area contributed by atoms with Crippen LogP contribution < -0.4 is 25.2 Å². The Balaban J connectivity index is 0.858. The molecule has 2 saturated heterocycles. The average molecular weight is 958 g/mol. The van der Waals surface area contributed by atoms with E-state index in [2.05, 4.69) is 15.7 Å². The average Bonchev–Trinajstić information content (AvgIpc) is 4.00. The quantitative estimate of drug-likeness (QED) is 0.0685. The van der Waals surface area contributed by atoms with Crippen molar-refractivity contribution in [1.82, 2.24) is 25.3 Å². The molecule has 2 atom stereocenters. The highest BCUT2D eigenvalue weighted by atomic mass is 35.5. The molecule has 0 saturated carbocycles. The lowest BCUT2D eigenvalue weighted by Crippen LogP contribution is -2.58.